The largest absolute Gasteiger partial charge is 0.394 e. The molecule has 2 aromatic rings. The molecule has 61 heavy (non-hydrogen) atoms. The van der Waals surface area contributed by atoms with Crippen molar-refractivity contribution in [2.75, 3.05) is 19.7 Å². The first-order chi connectivity index (χ1) is 28.8. The number of guanidine groups is 1. The van der Waals surface area contributed by atoms with Gasteiger partial charge in [-0.05, 0) is 59.8 Å². The smallest absolute Gasteiger partial charge is 0.243 e. The van der Waals surface area contributed by atoms with Gasteiger partial charge in [0.25, 0.3) is 0 Å². The van der Waals surface area contributed by atoms with E-state index in [0.717, 1.165) is 16.3 Å². The Hall–Kier alpha value is -5.82. The number of primary amides is 1. The van der Waals surface area contributed by atoms with Crippen LogP contribution in [0.1, 0.15) is 79.2 Å². The van der Waals surface area contributed by atoms with Gasteiger partial charge in [-0.2, -0.15) is 0 Å². The van der Waals surface area contributed by atoms with Gasteiger partial charge in [-0.15, -0.1) is 0 Å². The number of aliphatic imine (C=N–C) groups is 1. The van der Waals surface area contributed by atoms with Gasteiger partial charge < -0.3 is 59.9 Å². The zero-order chi connectivity index (χ0) is 45.8. The van der Waals surface area contributed by atoms with E-state index in [9.17, 15) is 38.7 Å². The number of hydrogen-bond donors (Lipinski definition) is 11. The fourth-order valence-corrected chi connectivity index (χ4v) is 6.48. The van der Waals surface area contributed by atoms with Gasteiger partial charge in [0.2, 0.25) is 41.4 Å². The highest BCUT2D eigenvalue weighted by molar-refractivity contribution is 5.96. The topological polar surface area (TPSA) is 328 Å². The summed E-state index contributed by atoms with van der Waals surface area (Å²) in [5.41, 5.74) is 23.1. The summed E-state index contributed by atoms with van der Waals surface area (Å²) in [6, 6.07) is 6.39. The molecule has 0 fully saturated rings. The number of amides is 7. The SMILES string of the molecule is CC[C@H](C)[C@H](NC(=O)[C@H](CC(C)C)NC(=O)[C@@H](N)CO)C(=O)NCC(=O)N[C@@H](CCCN=C(N)N)C(=O)N[C@@H](CC(C)C)C(=O)N[C@@H](Cc1cccc2ccccc12)C(N)=O. The Morgan fingerprint density at radius 1 is 0.689 bits per heavy atom. The van der Waals surface area contributed by atoms with E-state index in [1.54, 1.807) is 6.92 Å². The van der Waals surface area contributed by atoms with Gasteiger partial charge in [0.1, 0.15) is 36.3 Å². The minimum absolute atomic E-state index is 0.0339. The lowest BCUT2D eigenvalue weighted by Crippen LogP contribution is -2.59. The predicted octanol–water partition coefficient (Wildman–Crippen LogP) is -1.08. The fourth-order valence-electron chi connectivity index (χ4n) is 6.48. The van der Waals surface area contributed by atoms with Crippen molar-refractivity contribution in [3.8, 4) is 0 Å². The Labute approximate surface area is 357 Å². The number of hydrogen-bond acceptors (Lipinski definition) is 10. The number of carbonyl (C=O) groups excluding carboxylic acids is 7. The van der Waals surface area contributed by atoms with Crippen molar-refractivity contribution in [1.82, 2.24) is 31.9 Å². The van der Waals surface area contributed by atoms with Crippen LogP contribution in [0.25, 0.3) is 10.8 Å². The third kappa shape index (κ3) is 17.7. The van der Waals surface area contributed by atoms with Gasteiger partial charge in [-0.25, -0.2) is 0 Å². The summed E-state index contributed by atoms with van der Waals surface area (Å²) in [6.07, 6.45) is 1.26. The molecular formula is C42H67N11O8. The summed E-state index contributed by atoms with van der Waals surface area (Å²) in [6.45, 7) is 9.87. The lowest BCUT2D eigenvalue weighted by atomic mass is 9.96. The second-order valence-corrected chi connectivity index (χ2v) is 16.1. The van der Waals surface area contributed by atoms with Gasteiger partial charge >= 0.3 is 0 Å². The Balaban J connectivity index is 2.24. The van der Waals surface area contributed by atoms with Crippen molar-refractivity contribution in [3.05, 3.63) is 48.0 Å². The number of benzene rings is 2. The molecule has 338 valence electrons. The van der Waals surface area contributed by atoms with Crippen LogP contribution in [0, 0.1) is 17.8 Å². The van der Waals surface area contributed by atoms with E-state index in [2.05, 4.69) is 36.9 Å². The first-order valence-electron chi connectivity index (χ1n) is 20.7. The van der Waals surface area contributed by atoms with Gasteiger partial charge in [-0.3, -0.25) is 38.6 Å². The van der Waals surface area contributed by atoms with E-state index in [-0.39, 0.29) is 56.4 Å². The summed E-state index contributed by atoms with van der Waals surface area (Å²) < 4.78 is 0. The number of aliphatic hydroxyl groups excluding tert-OH is 1. The molecule has 7 atom stereocenters. The molecule has 0 saturated heterocycles. The highest BCUT2D eigenvalue weighted by Gasteiger charge is 2.33. The number of nitrogens with one attached hydrogen (secondary N) is 6. The van der Waals surface area contributed by atoms with E-state index < -0.39 is 96.7 Å². The molecule has 0 radical (unpaired) electrons. The van der Waals surface area contributed by atoms with E-state index >= 15 is 0 Å². The van der Waals surface area contributed by atoms with Gasteiger partial charge in [0, 0.05) is 13.0 Å². The molecule has 19 heteroatoms. The molecule has 7 amide bonds. The predicted molar refractivity (Wildman–Crippen MR) is 233 cm³/mol. The lowest BCUT2D eigenvalue weighted by molar-refractivity contribution is -0.135. The number of nitrogens with two attached hydrogens (primary N) is 4. The van der Waals surface area contributed by atoms with E-state index in [1.165, 1.54) is 0 Å². The molecule has 0 aliphatic rings. The minimum Gasteiger partial charge on any atom is -0.394 e. The zero-order valence-corrected chi connectivity index (χ0v) is 36.2. The van der Waals surface area contributed by atoms with Crippen LogP contribution in [0.4, 0.5) is 0 Å². The lowest BCUT2D eigenvalue weighted by Gasteiger charge is -2.28. The maximum atomic E-state index is 13.9. The molecule has 0 heterocycles. The van der Waals surface area contributed by atoms with Crippen molar-refractivity contribution < 1.29 is 38.7 Å². The Kier molecular flexibility index (Phi) is 21.6. The summed E-state index contributed by atoms with van der Waals surface area (Å²) >= 11 is 0. The Morgan fingerprint density at radius 3 is 1.82 bits per heavy atom. The normalized spacial score (nSPS) is 14.7. The monoisotopic (exact) mass is 854 g/mol. The second kappa shape index (κ2) is 25.7. The van der Waals surface area contributed by atoms with Gasteiger partial charge in [-0.1, -0.05) is 90.4 Å². The molecule has 15 N–H and O–H groups in total. The Bertz CT molecular complexity index is 1830. The summed E-state index contributed by atoms with van der Waals surface area (Å²) in [4.78, 5) is 96.9. The molecule has 19 nitrogen and oxygen atoms in total. The number of aliphatic hydroxyl groups is 1. The maximum absolute atomic E-state index is 13.9. The van der Waals surface area contributed by atoms with Gasteiger partial charge in [0.15, 0.2) is 5.96 Å². The van der Waals surface area contributed by atoms with E-state index in [0.29, 0.717) is 6.42 Å². The van der Waals surface area contributed by atoms with Crippen LogP contribution in [0.3, 0.4) is 0 Å². The molecule has 0 aliphatic heterocycles. The third-order valence-corrected chi connectivity index (χ3v) is 9.99. The highest BCUT2D eigenvalue weighted by Crippen LogP contribution is 2.20. The minimum atomic E-state index is -1.24. The van der Waals surface area contributed by atoms with Crippen LogP contribution in [0.2, 0.25) is 0 Å². The number of fused-ring (bicyclic) bond motifs is 1. The maximum Gasteiger partial charge on any atom is 0.243 e. The quantitative estimate of drug-likeness (QED) is 0.0307. The van der Waals surface area contributed by atoms with Crippen molar-refractivity contribution in [2.45, 2.75) is 116 Å². The van der Waals surface area contributed by atoms with E-state index in [4.69, 9.17) is 22.9 Å². The zero-order valence-electron chi connectivity index (χ0n) is 36.2. The van der Waals surface area contributed by atoms with Crippen molar-refractivity contribution >= 4 is 58.1 Å². The summed E-state index contributed by atoms with van der Waals surface area (Å²) in [5, 5.41) is 26.9. The molecule has 0 spiro atoms. The average molecular weight is 854 g/mol. The van der Waals surface area contributed by atoms with Crippen LogP contribution in [0.15, 0.2) is 47.5 Å². The number of carbonyl (C=O) groups is 7. The van der Waals surface area contributed by atoms with Gasteiger partial charge in [0.05, 0.1) is 13.2 Å². The molecule has 2 rings (SSSR count). The molecule has 0 aliphatic carbocycles. The number of nitrogens with zero attached hydrogens (tertiary/aromatic N) is 1. The summed E-state index contributed by atoms with van der Waals surface area (Å²) in [7, 11) is 0. The standard InChI is InChI=1S/C42H67N11O8/c1-7-25(6)35(53-40(60)33(19-24(4)5)51-37(57)29(43)22-54)41(61)48-21-34(55)49-30(16-11-17-47-42(45)46)38(58)52-32(18-23(2)3)39(59)50-31(36(44)56)20-27-14-10-13-26-12-8-9-15-28(26)27/h8-10,12-15,23-25,29-33,35,54H,7,11,16-22,43H2,1-6H3,(H2,44,56)(H,48,61)(H,49,55)(H,50,59)(H,51,57)(H,52,58)(H,53,60)(H4,45,46,47)/t25-,29-,30-,31-,32-,33-,35-/m0/s1. The van der Waals surface area contributed by atoms with Crippen molar-refractivity contribution in [3.63, 3.8) is 0 Å². The summed E-state index contributed by atoms with van der Waals surface area (Å²) in [5.74, 6) is -5.61. The first-order valence-corrected chi connectivity index (χ1v) is 20.7. The first kappa shape index (κ1) is 51.3. The van der Waals surface area contributed by atoms with Crippen LogP contribution in [-0.2, 0) is 40.0 Å². The van der Waals surface area contributed by atoms with Crippen LogP contribution in [-0.4, -0.2) is 108 Å². The third-order valence-electron chi connectivity index (χ3n) is 9.99. The molecule has 0 bridgehead atoms. The van der Waals surface area contributed by atoms with Crippen molar-refractivity contribution in [2.24, 2.45) is 45.7 Å². The Morgan fingerprint density at radius 2 is 1.25 bits per heavy atom. The fraction of sp³-hybridized carbons (Fsp3) is 0.571. The van der Waals surface area contributed by atoms with Crippen LogP contribution >= 0.6 is 0 Å². The molecule has 2 aromatic carbocycles. The van der Waals surface area contributed by atoms with Crippen LogP contribution < -0.4 is 54.8 Å². The molecule has 0 unspecified atom stereocenters. The molecular weight excluding hydrogens is 787 g/mol. The van der Waals surface area contributed by atoms with Crippen LogP contribution in [0.5, 0.6) is 0 Å². The molecule has 0 aromatic heterocycles. The highest BCUT2D eigenvalue weighted by atomic mass is 16.3. The molecule has 0 saturated carbocycles. The number of rotatable bonds is 26. The second-order valence-electron chi connectivity index (χ2n) is 16.1. The van der Waals surface area contributed by atoms with Crippen molar-refractivity contribution in [1.29, 1.82) is 0 Å². The average Bonchev–Trinajstić information content (AvgIpc) is 3.20. The van der Waals surface area contributed by atoms with E-state index in [1.807, 2.05) is 77.1 Å².